The molecule has 1 fully saturated rings. The Morgan fingerprint density at radius 2 is 1.81 bits per heavy atom. The molecule has 1 aliphatic rings. The van der Waals surface area contributed by atoms with Crippen LogP contribution in [0, 0.1) is 5.82 Å². The Kier molecular flexibility index (Phi) is 4.63. The van der Waals surface area contributed by atoms with Crippen LogP contribution in [0.5, 0.6) is 0 Å². The van der Waals surface area contributed by atoms with Gasteiger partial charge in [0, 0.05) is 24.2 Å². The third-order valence-electron chi connectivity index (χ3n) is 4.13. The zero-order chi connectivity index (χ0) is 14.5. The number of nitrogens with one attached hydrogen (secondary N) is 2. The van der Waals surface area contributed by atoms with Crippen LogP contribution >= 0.6 is 0 Å². The molecule has 2 aromatic carbocycles. The van der Waals surface area contributed by atoms with Crippen LogP contribution in [0.25, 0.3) is 0 Å². The molecule has 0 radical (unpaired) electrons. The summed E-state index contributed by atoms with van der Waals surface area (Å²) in [5, 5.41) is 7.10. The minimum absolute atomic E-state index is 0.134. The number of rotatable bonds is 4. The van der Waals surface area contributed by atoms with Crippen molar-refractivity contribution in [3.8, 4) is 0 Å². The van der Waals surface area contributed by atoms with E-state index in [4.69, 9.17) is 0 Å². The molecule has 0 aliphatic carbocycles. The smallest absolute Gasteiger partial charge is 0.127 e. The van der Waals surface area contributed by atoms with Crippen LogP contribution in [0.15, 0.2) is 54.6 Å². The minimum atomic E-state index is -0.134. The molecule has 110 valence electrons. The number of halogens is 1. The molecule has 2 unspecified atom stereocenters. The van der Waals surface area contributed by atoms with E-state index in [1.807, 2.05) is 18.2 Å². The van der Waals surface area contributed by atoms with Crippen molar-refractivity contribution in [1.82, 2.24) is 10.6 Å². The Labute approximate surface area is 125 Å². The fourth-order valence-electron chi connectivity index (χ4n) is 3.00. The maximum Gasteiger partial charge on any atom is 0.127 e. The van der Waals surface area contributed by atoms with Crippen LogP contribution in [-0.4, -0.2) is 12.6 Å². The van der Waals surface area contributed by atoms with E-state index in [-0.39, 0.29) is 5.82 Å². The maximum atomic E-state index is 13.7. The van der Waals surface area contributed by atoms with Gasteiger partial charge in [0.15, 0.2) is 0 Å². The summed E-state index contributed by atoms with van der Waals surface area (Å²) in [4.78, 5) is 0. The number of benzene rings is 2. The minimum Gasteiger partial charge on any atom is -0.309 e. The highest BCUT2D eigenvalue weighted by atomic mass is 19.1. The molecule has 3 heteroatoms. The van der Waals surface area contributed by atoms with E-state index in [2.05, 4.69) is 34.9 Å². The second-order valence-electron chi connectivity index (χ2n) is 5.56. The van der Waals surface area contributed by atoms with Gasteiger partial charge in [-0.05, 0) is 31.0 Å². The van der Waals surface area contributed by atoms with Crippen molar-refractivity contribution < 1.29 is 4.39 Å². The third-order valence-corrected chi connectivity index (χ3v) is 4.13. The molecule has 1 aliphatic heterocycles. The van der Waals surface area contributed by atoms with Crippen LogP contribution in [0.1, 0.15) is 30.0 Å². The van der Waals surface area contributed by atoms with Crippen molar-refractivity contribution in [2.24, 2.45) is 0 Å². The largest absolute Gasteiger partial charge is 0.309 e. The SMILES string of the molecule is Fc1ccccc1CNC1CCCNC1c1ccccc1. The standard InChI is InChI=1S/C18H21FN2/c19-16-10-5-4-9-15(16)13-21-17-11-6-12-20-18(17)14-7-2-1-3-8-14/h1-5,7-10,17-18,20-21H,6,11-13H2. The maximum absolute atomic E-state index is 13.7. The summed E-state index contributed by atoms with van der Waals surface area (Å²) < 4.78 is 13.7. The lowest BCUT2D eigenvalue weighted by atomic mass is 9.92. The monoisotopic (exact) mass is 284 g/mol. The van der Waals surface area contributed by atoms with Crippen LogP contribution < -0.4 is 10.6 Å². The van der Waals surface area contributed by atoms with Crippen molar-refractivity contribution in [1.29, 1.82) is 0 Å². The molecule has 0 spiro atoms. The predicted molar refractivity (Wildman–Crippen MR) is 83.4 cm³/mol. The van der Waals surface area contributed by atoms with Gasteiger partial charge >= 0.3 is 0 Å². The first-order valence-corrected chi connectivity index (χ1v) is 7.60. The number of hydrogen-bond donors (Lipinski definition) is 2. The zero-order valence-electron chi connectivity index (χ0n) is 12.1. The Morgan fingerprint density at radius 3 is 2.62 bits per heavy atom. The van der Waals surface area contributed by atoms with Gasteiger partial charge in [-0.25, -0.2) is 4.39 Å². The second kappa shape index (κ2) is 6.83. The topological polar surface area (TPSA) is 24.1 Å². The summed E-state index contributed by atoms with van der Waals surface area (Å²) >= 11 is 0. The molecule has 3 rings (SSSR count). The van der Waals surface area contributed by atoms with Gasteiger partial charge in [0.05, 0.1) is 0 Å². The second-order valence-corrected chi connectivity index (χ2v) is 5.56. The Hall–Kier alpha value is -1.71. The highest BCUT2D eigenvalue weighted by molar-refractivity contribution is 5.22. The summed E-state index contributed by atoms with van der Waals surface area (Å²) in [5.41, 5.74) is 2.03. The van der Waals surface area contributed by atoms with Crippen LogP contribution in [0.2, 0.25) is 0 Å². The Balaban J connectivity index is 1.69. The lowest BCUT2D eigenvalue weighted by molar-refractivity contribution is 0.303. The Bertz CT molecular complexity index is 570. The molecule has 2 atom stereocenters. The summed E-state index contributed by atoms with van der Waals surface area (Å²) in [6.07, 6.45) is 2.26. The van der Waals surface area contributed by atoms with Crippen molar-refractivity contribution in [2.75, 3.05) is 6.54 Å². The molecule has 0 aromatic heterocycles. The molecular weight excluding hydrogens is 263 g/mol. The van der Waals surface area contributed by atoms with E-state index >= 15 is 0 Å². The van der Waals surface area contributed by atoms with Crippen molar-refractivity contribution in [2.45, 2.75) is 31.5 Å². The Morgan fingerprint density at radius 1 is 1.05 bits per heavy atom. The highest BCUT2D eigenvalue weighted by Gasteiger charge is 2.25. The van der Waals surface area contributed by atoms with E-state index in [0.717, 1.165) is 24.9 Å². The lowest BCUT2D eigenvalue weighted by Crippen LogP contribution is -2.45. The van der Waals surface area contributed by atoms with E-state index < -0.39 is 0 Å². The summed E-state index contributed by atoms with van der Waals surface area (Å²) in [6, 6.07) is 18.1. The molecule has 1 heterocycles. The highest BCUT2D eigenvalue weighted by Crippen LogP contribution is 2.24. The van der Waals surface area contributed by atoms with Gasteiger partial charge in [0.1, 0.15) is 5.82 Å². The first kappa shape index (κ1) is 14.2. The fraction of sp³-hybridized carbons (Fsp3) is 0.333. The van der Waals surface area contributed by atoms with Gasteiger partial charge in [0.25, 0.3) is 0 Å². The quantitative estimate of drug-likeness (QED) is 0.899. The van der Waals surface area contributed by atoms with Gasteiger partial charge < -0.3 is 10.6 Å². The van der Waals surface area contributed by atoms with E-state index in [1.54, 1.807) is 6.07 Å². The lowest BCUT2D eigenvalue weighted by Gasteiger charge is -2.34. The molecule has 0 bridgehead atoms. The van der Waals surface area contributed by atoms with Gasteiger partial charge in [-0.1, -0.05) is 48.5 Å². The average molecular weight is 284 g/mol. The van der Waals surface area contributed by atoms with Crippen LogP contribution in [0.4, 0.5) is 4.39 Å². The molecule has 2 N–H and O–H groups in total. The predicted octanol–water partition coefficient (Wildman–Crippen LogP) is 3.41. The number of piperidine rings is 1. The first-order valence-electron chi connectivity index (χ1n) is 7.60. The van der Waals surface area contributed by atoms with E-state index in [1.165, 1.54) is 11.6 Å². The first-order chi connectivity index (χ1) is 10.3. The van der Waals surface area contributed by atoms with Gasteiger partial charge in [-0.2, -0.15) is 0 Å². The van der Waals surface area contributed by atoms with Gasteiger partial charge in [0.2, 0.25) is 0 Å². The van der Waals surface area contributed by atoms with Crippen LogP contribution in [0.3, 0.4) is 0 Å². The van der Waals surface area contributed by atoms with E-state index in [0.29, 0.717) is 18.6 Å². The summed E-state index contributed by atoms with van der Waals surface area (Å²) in [7, 11) is 0. The summed E-state index contributed by atoms with van der Waals surface area (Å²) in [6.45, 7) is 1.61. The van der Waals surface area contributed by atoms with Gasteiger partial charge in [-0.15, -0.1) is 0 Å². The molecule has 2 aromatic rings. The molecule has 21 heavy (non-hydrogen) atoms. The van der Waals surface area contributed by atoms with E-state index in [9.17, 15) is 4.39 Å². The van der Waals surface area contributed by atoms with Crippen LogP contribution in [-0.2, 0) is 6.54 Å². The fourth-order valence-corrected chi connectivity index (χ4v) is 3.00. The third kappa shape index (κ3) is 3.49. The summed E-state index contributed by atoms with van der Waals surface area (Å²) in [5.74, 6) is -0.134. The molecular formula is C18H21FN2. The van der Waals surface area contributed by atoms with Crippen molar-refractivity contribution in [3.63, 3.8) is 0 Å². The van der Waals surface area contributed by atoms with Crippen molar-refractivity contribution >= 4 is 0 Å². The molecule has 0 amide bonds. The normalized spacial score (nSPS) is 22.1. The van der Waals surface area contributed by atoms with Crippen molar-refractivity contribution in [3.05, 3.63) is 71.5 Å². The molecule has 0 saturated carbocycles. The molecule has 1 saturated heterocycles. The average Bonchev–Trinajstić information content (AvgIpc) is 2.55. The zero-order valence-corrected chi connectivity index (χ0v) is 12.1. The molecule has 2 nitrogen and oxygen atoms in total. The number of hydrogen-bond acceptors (Lipinski definition) is 2. The van der Waals surface area contributed by atoms with Gasteiger partial charge in [-0.3, -0.25) is 0 Å².